The largest absolute Gasteiger partial charge is 0.272 e. The summed E-state index contributed by atoms with van der Waals surface area (Å²) in [5, 5.41) is 1.47. The lowest BCUT2D eigenvalue weighted by Gasteiger charge is -2.13. The summed E-state index contributed by atoms with van der Waals surface area (Å²) in [6, 6.07) is 8.01. The Morgan fingerprint density at radius 3 is 3.07 bits per heavy atom. The van der Waals surface area contributed by atoms with Crippen molar-refractivity contribution < 1.29 is 9.63 Å². The number of hydrogen-bond donors (Lipinski definition) is 0. The van der Waals surface area contributed by atoms with Gasteiger partial charge in [0, 0.05) is 0 Å². The summed E-state index contributed by atoms with van der Waals surface area (Å²) in [7, 11) is 0. The number of carbonyl (C=O) groups is 1. The highest BCUT2D eigenvalue weighted by atomic mass is 16.7. The fraction of sp³-hybridized carbons (Fsp3) is 0.417. The smallest absolute Gasteiger partial charge is 0.250 e. The van der Waals surface area contributed by atoms with Crippen LogP contribution in [0.1, 0.15) is 17.5 Å². The topological polar surface area (TPSA) is 29.5 Å². The molecule has 2 rings (SSSR count). The maximum atomic E-state index is 11.7. The van der Waals surface area contributed by atoms with Gasteiger partial charge in [-0.05, 0) is 18.9 Å². The van der Waals surface area contributed by atoms with Crippen LogP contribution >= 0.6 is 0 Å². The van der Waals surface area contributed by atoms with Crippen LogP contribution in [0.3, 0.4) is 0 Å². The molecular formula is C12H15NO2. The van der Waals surface area contributed by atoms with Crippen LogP contribution in [-0.2, 0) is 16.1 Å². The molecule has 0 bridgehead atoms. The lowest BCUT2D eigenvalue weighted by atomic mass is 10.1. The van der Waals surface area contributed by atoms with Crippen molar-refractivity contribution in [3.8, 4) is 0 Å². The lowest BCUT2D eigenvalue weighted by molar-refractivity contribution is -0.167. The molecule has 1 heterocycles. The second-order valence-electron chi connectivity index (χ2n) is 3.85. The first-order valence-electron chi connectivity index (χ1n) is 5.24. The molecule has 0 atom stereocenters. The van der Waals surface area contributed by atoms with E-state index in [1.807, 2.05) is 31.2 Å². The summed E-state index contributed by atoms with van der Waals surface area (Å²) < 4.78 is 0. The number of nitrogens with zero attached hydrogens (tertiary/aromatic N) is 1. The van der Waals surface area contributed by atoms with E-state index in [0.717, 1.165) is 18.5 Å². The van der Waals surface area contributed by atoms with Crippen molar-refractivity contribution in [3.63, 3.8) is 0 Å². The molecular weight excluding hydrogens is 190 g/mol. The molecule has 0 unspecified atom stereocenters. The zero-order valence-corrected chi connectivity index (χ0v) is 8.90. The summed E-state index contributed by atoms with van der Waals surface area (Å²) >= 11 is 0. The molecule has 0 aliphatic carbocycles. The number of hydrogen-bond acceptors (Lipinski definition) is 2. The highest BCUT2D eigenvalue weighted by Gasteiger charge is 2.19. The van der Waals surface area contributed by atoms with Crippen LogP contribution in [0.2, 0.25) is 0 Å². The molecule has 1 aliphatic heterocycles. The zero-order chi connectivity index (χ0) is 10.7. The molecule has 1 saturated heterocycles. The van der Waals surface area contributed by atoms with Gasteiger partial charge in [-0.1, -0.05) is 29.8 Å². The molecule has 0 saturated carbocycles. The van der Waals surface area contributed by atoms with Gasteiger partial charge in [-0.2, -0.15) is 0 Å². The monoisotopic (exact) mass is 205 g/mol. The van der Waals surface area contributed by atoms with E-state index in [-0.39, 0.29) is 5.91 Å². The Hall–Kier alpha value is -1.35. The number of hydroxylamine groups is 2. The second kappa shape index (κ2) is 4.45. The van der Waals surface area contributed by atoms with Crippen LogP contribution in [0, 0.1) is 6.92 Å². The molecule has 3 nitrogen and oxygen atoms in total. The van der Waals surface area contributed by atoms with E-state index < -0.39 is 0 Å². The van der Waals surface area contributed by atoms with Crippen LogP contribution in [0.5, 0.6) is 0 Å². The molecule has 0 aromatic heterocycles. The molecule has 0 radical (unpaired) electrons. The van der Waals surface area contributed by atoms with E-state index in [4.69, 9.17) is 4.84 Å². The Morgan fingerprint density at radius 1 is 1.53 bits per heavy atom. The third-order valence-corrected chi connectivity index (χ3v) is 2.47. The van der Waals surface area contributed by atoms with Crippen molar-refractivity contribution in [3.05, 3.63) is 35.4 Å². The third kappa shape index (κ3) is 2.57. The Morgan fingerprint density at radius 2 is 2.40 bits per heavy atom. The van der Waals surface area contributed by atoms with Crippen molar-refractivity contribution >= 4 is 5.91 Å². The quantitative estimate of drug-likeness (QED) is 0.735. The Bertz CT molecular complexity index is 356. The average Bonchev–Trinajstić information content (AvgIpc) is 2.70. The minimum atomic E-state index is 0.0538. The first-order chi connectivity index (χ1) is 7.25. The van der Waals surface area contributed by atoms with Crippen molar-refractivity contribution in [2.24, 2.45) is 0 Å². The van der Waals surface area contributed by atoms with Gasteiger partial charge in [-0.15, -0.1) is 0 Å². The Kier molecular flexibility index (Phi) is 3.02. The second-order valence-corrected chi connectivity index (χ2v) is 3.85. The van der Waals surface area contributed by atoms with Gasteiger partial charge < -0.3 is 0 Å². The SMILES string of the molecule is Cc1cccc(CC(=O)N2CCCO2)c1. The van der Waals surface area contributed by atoms with Gasteiger partial charge in [0.15, 0.2) is 0 Å². The Labute approximate surface area is 89.6 Å². The normalized spacial score (nSPS) is 15.7. The van der Waals surface area contributed by atoms with E-state index in [2.05, 4.69) is 0 Å². The highest BCUT2D eigenvalue weighted by Crippen LogP contribution is 2.10. The van der Waals surface area contributed by atoms with E-state index in [0.29, 0.717) is 13.0 Å². The first kappa shape index (κ1) is 10.2. The molecule has 3 heteroatoms. The third-order valence-electron chi connectivity index (χ3n) is 2.47. The number of rotatable bonds is 2. The number of aryl methyl sites for hydroxylation is 1. The minimum Gasteiger partial charge on any atom is -0.272 e. The summed E-state index contributed by atoms with van der Waals surface area (Å²) in [6.07, 6.45) is 1.38. The van der Waals surface area contributed by atoms with E-state index in [1.165, 1.54) is 10.6 Å². The molecule has 80 valence electrons. The summed E-state index contributed by atoms with van der Waals surface area (Å²) in [5.74, 6) is 0.0538. The molecule has 0 spiro atoms. The van der Waals surface area contributed by atoms with Crippen molar-refractivity contribution in [2.75, 3.05) is 13.2 Å². The predicted octanol–water partition coefficient (Wildman–Crippen LogP) is 1.70. The van der Waals surface area contributed by atoms with Gasteiger partial charge in [-0.25, -0.2) is 5.06 Å². The summed E-state index contributed by atoms with van der Waals surface area (Å²) in [5.41, 5.74) is 2.23. The molecule has 1 aromatic carbocycles. The van der Waals surface area contributed by atoms with Crippen LogP contribution in [0.4, 0.5) is 0 Å². The van der Waals surface area contributed by atoms with Gasteiger partial charge in [-0.3, -0.25) is 9.63 Å². The molecule has 0 N–H and O–H groups in total. The number of benzene rings is 1. The molecule has 1 aromatic rings. The highest BCUT2D eigenvalue weighted by molar-refractivity contribution is 5.77. The van der Waals surface area contributed by atoms with Crippen molar-refractivity contribution in [2.45, 2.75) is 19.8 Å². The van der Waals surface area contributed by atoms with Crippen molar-refractivity contribution in [1.82, 2.24) is 5.06 Å². The van der Waals surface area contributed by atoms with Crippen LogP contribution in [0.15, 0.2) is 24.3 Å². The zero-order valence-electron chi connectivity index (χ0n) is 8.90. The lowest BCUT2D eigenvalue weighted by Crippen LogP contribution is -2.27. The number of amides is 1. The summed E-state index contributed by atoms with van der Waals surface area (Å²) in [6.45, 7) is 3.42. The van der Waals surface area contributed by atoms with Gasteiger partial charge in [0.1, 0.15) is 0 Å². The maximum Gasteiger partial charge on any atom is 0.250 e. The first-order valence-corrected chi connectivity index (χ1v) is 5.24. The Balaban J connectivity index is 1.99. The van der Waals surface area contributed by atoms with Gasteiger partial charge in [0.05, 0.1) is 19.6 Å². The van der Waals surface area contributed by atoms with E-state index in [9.17, 15) is 4.79 Å². The summed E-state index contributed by atoms with van der Waals surface area (Å²) in [4.78, 5) is 16.9. The predicted molar refractivity (Wildman–Crippen MR) is 57.2 cm³/mol. The molecule has 1 aliphatic rings. The minimum absolute atomic E-state index is 0.0538. The van der Waals surface area contributed by atoms with Crippen LogP contribution in [-0.4, -0.2) is 24.1 Å². The van der Waals surface area contributed by atoms with Gasteiger partial charge in [0.2, 0.25) is 0 Å². The van der Waals surface area contributed by atoms with Crippen molar-refractivity contribution in [1.29, 1.82) is 0 Å². The number of carbonyl (C=O) groups excluding carboxylic acids is 1. The maximum absolute atomic E-state index is 11.7. The van der Waals surface area contributed by atoms with Crippen LogP contribution in [0.25, 0.3) is 0 Å². The van der Waals surface area contributed by atoms with Gasteiger partial charge in [0.25, 0.3) is 5.91 Å². The van der Waals surface area contributed by atoms with E-state index >= 15 is 0 Å². The molecule has 1 fully saturated rings. The molecule has 15 heavy (non-hydrogen) atoms. The standard InChI is InChI=1S/C12H15NO2/c1-10-4-2-5-11(8-10)9-12(14)13-6-3-7-15-13/h2,4-5,8H,3,6-7,9H2,1H3. The fourth-order valence-electron chi connectivity index (χ4n) is 1.73. The average molecular weight is 205 g/mol. The molecule has 1 amide bonds. The van der Waals surface area contributed by atoms with Gasteiger partial charge >= 0.3 is 0 Å². The van der Waals surface area contributed by atoms with Crippen LogP contribution < -0.4 is 0 Å². The van der Waals surface area contributed by atoms with E-state index in [1.54, 1.807) is 0 Å². The fourth-order valence-corrected chi connectivity index (χ4v) is 1.73.